The fourth-order valence-electron chi connectivity index (χ4n) is 1.96. The Labute approximate surface area is 115 Å². The quantitative estimate of drug-likeness (QED) is 0.407. The van der Waals surface area contributed by atoms with Crippen molar-refractivity contribution in [2.45, 2.75) is 32.6 Å². The molecule has 1 aromatic rings. The zero-order valence-corrected chi connectivity index (χ0v) is 11.7. The van der Waals surface area contributed by atoms with Crippen molar-refractivity contribution in [1.29, 1.82) is 0 Å². The summed E-state index contributed by atoms with van der Waals surface area (Å²) in [7, 11) is 0. The molecule has 3 heteroatoms. The summed E-state index contributed by atoms with van der Waals surface area (Å²) in [6, 6.07) is 8.12. The van der Waals surface area contributed by atoms with Gasteiger partial charge in [-0.2, -0.15) is 0 Å². The van der Waals surface area contributed by atoms with Gasteiger partial charge in [0, 0.05) is 6.08 Å². The highest BCUT2D eigenvalue weighted by molar-refractivity contribution is 5.81. The highest BCUT2D eigenvalue weighted by atomic mass is 16.6. The molecule has 0 fully saturated rings. The number of carbonyl (C=O) groups excluding carboxylic acids is 1. The first-order chi connectivity index (χ1) is 9.21. The van der Waals surface area contributed by atoms with Gasteiger partial charge in [-0.25, -0.2) is 4.79 Å². The fourth-order valence-corrected chi connectivity index (χ4v) is 1.96. The topological polar surface area (TPSA) is 35.5 Å². The number of esters is 1. The Balaban J connectivity index is 2.40. The maximum Gasteiger partial charge on any atom is 0.330 e. The van der Waals surface area contributed by atoms with E-state index in [1.54, 1.807) is 0 Å². The highest BCUT2D eigenvalue weighted by Gasteiger charge is 2.06. The molecule has 104 valence electrons. The van der Waals surface area contributed by atoms with Crippen LogP contribution in [0.2, 0.25) is 0 Å². The fraction of sp³-hybridized carbons (Fsp3) is 0.438. The van der Waals surface area contributed by atoms with E-state index >= 15 is 0 Å². The summed E-state index contributed by atoms with van der Waals surface area (Å²) in [5, 5.41) is 0. The summed E-state index contributed by atoms with van der Waals surface area (Å²) in [5.41, 5.74) is 1.34. The number of hydrogen-bond donors (Lipinski definition) is 0. The van der Waals surface area contributed by atoms with Crippen LogP contribution in [0.3, 0.4) is 0 Å². The molecule has 0 heterocycles. The van der Waals surface area contributed by atoms with E-state index in [0.29, 0.717) is 12.5 Å². The lowest BCUT2D eigenvalue weighted by atomic mass is 9.94. The van der Waals surface area contributed by atoms with Crippen LogP contribution in [-0.4, -0.2) is 19.2 Å². The van der Waals surface area contributed by atoms with E-state index in [1.165, 1.54) is 5.56 Å². The molecule has 0 aliphatic rings. The second-order valence-corrected chi connectivity index (χ2v) is 4.30. The third kappa shape index (κ3) is 5.16. The van der Waals surface area contributed by atoms with Crippen molar-refractivity contribution >= 4 is 5.97 Å². The first kappa shape index (κ1) is 15.3. The van der Waals surface area contributed by atoms with Gasteiger partial charge in [0.05, 0.1) is 0 Å². The van der Waals surface area contributed by atoms with Gasteiger partial charge >= 0.3 is 5.97 Å². The molecule has 0 saturated heterocycles. The molecule has 19 heavy (non-hydrogen) atoms. The van der Waals surface area contributed by atoms with E-state index < -0.39 is 5.97 Å². The minimum atomic E-state index is -0.423. The third-order valence-corrected chi connectivity index (χ3v) is 3.10. The SMILES string of the molecule is C=CC(=O)OCCOc1ccc(C(CC)CC)cc1. The van der Waals surface area contributed by atoms with Crippen LogP contribution in [0.4, 0.5) is 0 Å². The molecule has 0 spiro atoms. The van der Waals surface area contributed by atoms with Crippen molar-refractivity contribution in [3.05, 3.63) is 42.5 Å². The van der Waals surface area contributed by atoms with E-state index in [2.05, 4.69) is 32.6 Å². The Bertz CT molecular complexity index is 391. The smallest absolute Gasteiger partial charge is 0.330 e. The van der Waals surface area contributed by atoms with Crippen molar-refractivity contribution in [2.75, 3.05) is 13.2 Å². The van der Waals surface area contributed by atoms with Gasteiger partial charge in [0.1, 0.15) is 19.0 Å². The lowest BCUT2D eigenvalue weighted by molar-refractivity contribution is -0.138. The average Bonchev–Trinajstić information content (AvgIpc) is 2.46. The minimum Gasteiger partial charge on any atom is -0.490 e. The summed E-state index contributed by atoms with van der Waals surface area (Å²) in [4.78, 5) is 10.8. The predicted molar refractivity (Wildman–Crippen MR) is 76.4 cm³/mol. The van der Waals surface area contributed by atoms with E-state index in [1.807, 2.05) is 12.1 Å². The van der Waals surface area contributed by atoms with E-state index in [4.69, 9.17) is 9.47 Å². The first-order valence-corrected chi connectivity index (χ1v) is 6.73. The van der Waals surface area contributed by atoms with Crippen molar-refractivity contribution in [3.8, 4) is 5.75 Å². The van der Waals surface area contributed by atoms with E-state index in [-0.39, 0.29) is 6.61 Å². The molecule has 0 aliphatic heterocycles. The summed E-state index contributed by atoms with van der Waals surface area (Å²) >= 11 is 0. The summed E-state index contributed by atoms with van der Waals surface area (Å²) in [6.07, 6.45) is 3.44. The number of ether oxygens (including phenoxy) is 2. The van der Waals surface area contributed by atoms with Gasteiger partial charge in [-0.3, -0.25) is 0 Å². The largest absolute Gasteiger partial charge is 0.490 e. The van der Waals surface area contributed by atoms with Crippen LogP contribution < -0.4 is 4.74 Å². The van der Waals surface area contributed by atoms with Crippen LogP contribution >= 0.6 is 0 Å². The molecule has 1 rings (SSSR count). The molecule has 0 saturated carbocycles. The van der Waals surface area contributed by atoms with Crippen LogP contribution in [0, 0.1) is 0 Å². The highest BCUT2D eigenvalue weighted by Crippen LogP contribution is 2.24. The standard InChI is InChI=1S/C16H22O3/c1-4-13(5-2)14-7-9-15(10-8-14)18-11-12-19-16(17)6-3/h6-10,13H,3-5,11-12H2,1-2H3. The number of benzene rings is 1. The second kappa shape index (κ2) is 8.35. The van der Waals surface area contributed by atoms with Gasteiger partial charge in [-0.1, -0.05) is 32.6 Å². The van der Waals surface area contributed by atoms with Crippen molar-refractivity contribution < 1.29 is 14.3 Å². The zero-order valence-electron chi connectivity index (χ0n) is 11.7. The lowest BCUT2D eigenvalue weighted by Gasteiger charge is -2.13. The Kier molecular flexibility index (Phi) is 6.72. The van der Waals surface area contributed by atoms with Gasteiger partial charge < -0.3 is 9.47 Å². The number of hydrogen-bond acceptors (Lipinski definition) is 3. The minimum absolute atomic E-state index is 0.235. The third-order valence-electron chi connectivity index (χ3n) is 3.10. The molecule has 0 amide bonds. The molecule has 0 atom stereocenters. The van der Waals surface area contributed by atoms with Crippen molar-refractivity contribution in [1.82, 2.24) is 0 Å². The summed E-state index contributed by atoms with van der Waals surface area (Å²) < 4.78 is 10.3. The van der Waals surface area contributed by atoms with E-state index in [0.717, 1.165) is 24.7 Å². The average molecular weight is 262 g/mol. The predicted octanol–water partition coefficient (Wildman–Crippen LogP) is 3.70. The normalized spacial score (nSPS) is 10.3. The Morgan fingerprint density at radius 1 is 1.21 bits per heavy atom. The van der Waals surface area contributed by atoms with Crippen molar-refractivity contribution in [2.24, 2.45) is 0 Å². The number of carbonyl (C=O) groups is 1. The molecule has 0 radical (unpaired) electrons. The molecular weight excluding hydrogens is 240 g/mol. The maximum absolute atomic E-state index is 10.8. The molecule has 1 aromatic carbocycles. The Morgan fingerprint density at radius 3 is 2.37 bits per heavy atom. The Morgan fingerprint density at radius 2 is 1.84 bits per heavy atom. The molecular formula is C16H22O3. The molecule has 0 N–H and O–H groups in total. The van der Waals surface area contributed by atoms with Crippen LogP contribution in [0.25, 0.3) is 0 Å². The van der Waals surface area contributed by atoms with Crippen LogP contribution in [-0.2, 0) is 9.53 Å². The first-order valence-electron chi connectivity index (χ1n) is 6.73. The Hall–Kier alpha value is -1.77. The molecule has 0 aliphatic carbocycles. The summed E-state index contributed by atoms with van der Waals surface area (Å²) in [5.74, 6) is 0.986. The van der Waals surface area contributed by atoms with Crippen LogP contribution in [0.1, 0.15) is 38.2 Å². The van der Waals surface area contributed by atoms with Gasteiger partial charge in [0.25, 0.3) is 0 Å². The zero-order chi connectivity index (χ0) is 14.1. The number of rotatable bonds is 8. The molecule has 3 nitrogen and oxygen atoms in total. The summed E-state index contributed by atoms with van der Waals surface area (Å²) in [6.45, 7) is 8.31. The van der Waals surface area contributed by atoms with Gasteiger partial charge in [-0.15, -0.1) is 0 Å². The second-order valence-electron chi connectivity index (χ2n) is 4.30. The van der Waals surface area contributed by atoms with Gasteiger partial charge in [0.2, 0.25) is 0 Å². The van der Waals surface area contributed by atoms with Gasteiger partial charge in [0.15, 0.2) is 0 Å². The molecule has 0 unspecified atom stereocenters. The monoisotopic (exact) mass is 262 g/mol. The van der Waals surface area contributed by atoms with Crippen LogP contribution in [0.5, 0.6) is 5.75 Å². The van der Waals surface area contributed by atoms with E-state index in [9.17, 15) is 4.79 Å². The van der Waals surface area contributed by atoms with Gasteiger partial charge in [-0.05, 0) is 36.5 Å². The maximum atomic E-state index is 10.8. The van der Waals surface area contributed by atoms with Crippen LogP contribution in [0.15, 0.2) is 36.9 Å². The molecule has 0 aromatic heterocycles. The lowest BCUT2D eigenvalue weighted by Crippen LogP contribution is -2.10. The van der Waals surface area contributed by atoms with Crippen molar-refractivity contribution in [3.63, 3.8) is 0 Å². The molecule has 0 bridgehead atoms.